The lowest BCUT2D eigenvalue weighted by Crippen LogP contribution is -2.16. The maximum atomic E-state index is 13.6. The van der Waals surface area contributed by atoms with E-state index in [0.29, 0.717) is 24.7 Å². The highest BCUT2D eigenvalue weighted by molar-refractivity contribution is 5.29. The molecule has 2 nitrogen and oxygen atoms in total. The van der Waals surface area contributed by atoms with Crippen LogP contribution in [0.5, 0.6) is 5.75 Å². The lowest BCUT2D eigenvalue weighted by atomic mass is 9.90. The maximum Gasteiger partial charge on any atom is 0.165 e. The Kier molecular flexibility index (Phi) is 5.42. The van der Waals surface area contributed by atoms with E-state index in [1.165, 1.54) is 6.07 Å². The van der Waals surface area contributed by atoms with E-state index in [1.54, 1.807) is 6.07 Å². The molecule has 0 saturated carbocycles. The Hall–Kier alpha value is -1.09. The van der Waals surface area contributed by atoms with Crippen molar-refractivity contribution in [2.24, 2.45) is 11.8 Å². The molecule has 0 aliphatic rings. The van der Waals surface area contributed by atoms with Crippen LogP contribution in [0.4, 0.5) is 4.39 Å². The monoisotopic (exact) mass is 240 g/mol. The van der Waals surface area contributed by atoms with E-state index >= 15 is 0 Å². The van der Waals surface area contributed by atoms with Crippen LogP contribution in [0.1, 0.15) is 26.3 Å². The Bertz CT molecular complexity index is 350. The van der Waals surface area contributed by atoms with Gasteiger partial charge in [-0.05, 0) is 42.9 Å². The van der Waals surface area contributed by atoms with E-state index in [9.17, 15) is 9.50 Å². The van der Waals surface area contributed by atoms with Gasteiger partial charge >= 0.3 is 0 Å². The fourth-order valence-corrected chi connectivity index (χ4v) is 1.76. The Labute approximate surface area is 102 Å². The fraction of sp³-hybridized carbons (Fsp3) is 0.571. The zero-order valence-corrected chi connectivity index (χ0v) is 10.7. The number of aliphatic hydroxyl groups is 1. The number of rotatable bonds is 6. The highest BCUT2D eigenvalue weighted by Gasteiger charge is 2.14. The molecule has 0 spiro atoms. The lowest BCUT2D eigenvalue weighted by molar-refractivity contribution is 0.189. The van der Waals surface area contributed by atoms with Crippen LogP contribution in [0.25, 0.3) is 0 Å². The minimum atomic E-state index is -0.329. The van der Waals surface area contributed by atoms with Crippen molar-refractivity contribution in [2.75, 3.05) is 13.2 Å². The largest absolute Gasteiger partial charge is 0.491 e. The quantitative estimate of drug-likeness (QED) is 0.828. The third kappa shape index (κ3) is 4.00. The van der Waals surface area contributed by atoms with Crippen molar-refractivity contribution in [3.8, 4) is 5.75 Å². The number of hydrogen-bond acceptors (Lipinski definition) is 2. The van der Waals surface area contributed by atoms with Gasteiger partial charge in [0, 0.05) is 6.61 Å². The number of ether oxygens (including phenoxy) is 1. The molecule has 0 aliphatic carbocycles. The fourth-order valence-electron chi connectivity index (χ4n) is 1.76. The Balaban J connectivity index is 2.76. The molecule has 1 unspecified atom stereocenters. The minimum absolute atomic E-state index is 0.131. The van der Waals surface area contributed by atoms with Crippen LogP contribution in [0.15, 0.2) is 18.2 Å². The number of aliphatic hydroxyl groups excluding tert-OH is 1. The third-order valence-electron chi connectivity index (χ3n) is 2.97. The van der Waals surface area contributed by atoms with Crippen LogP contribution in [0, 0.1) is 17.7 Å². The molecule has 1 aromatic rings. The molecule has 0 aliphatic heterocycles. The first-order chi connectivity index (χ1) is 8.08. The van der Waals surface area contributed by atoms with Crippen LogP contribution >= 0.6 is 0 Å². The van der Waals surface area contributed by atoms with Gasteiger partial charge in [0.15, 0.2) is 11.6 Å². The first-order valence-electron chi connectivity index (χ1n) is 6.10. The molecular weight excluding hydrogens is 219 g/mol. The van der Waals surface area contributed by atoms with Gasteiger partial charge in [-0.2, -0.15) is 0 Å². The SMILES string of the molecule is CCOc1ccc(CC(CO)C(C)C)cc1F. The summed E-state index contributed by atoms with van der Waals surface area (Å²) in [5, 5.41) is 9.25. The predicted molar refractivity (Wildman–Crippen MR) is 66.7 cm³/mol. The molecule has 96 valence electrons. The molecule has 1 N–H and O–H groups in total. The van der Waals surface area contributed by atoms with E-state index in [2.05, 4.69) is 13.8 Å². The minimum Gasteiger partial charge on any atom is -0.491 e. The average molecular weight is 240 g/mol. The van der Waals surface area contributed by atoms with Gasteiger partial charge in [0.2, 0.25) is 0 Å². The topological polar surface area (TPSA) is 29.5 Å². The van der Waals surface area contributed by atoms with Gasteiger partial charge < -0.3 is 9.84 Å². The Morgan fingerprint density at radius 3 is 2.53 bits per heavy atom. The van der Waals surface area contributed by atoms with E-state index in [4.69, 9.17) is 4.74 Å². The Morgan fingerprint density at radius 2 is 2.06 bits per heavy atom. The Morgan fingerprint density at radius 1 is 1.35 bits per heavy atom. The summed E-state index contributed by atoms with van der Waals surface area (Å²) in [5.41, 5.74) is 0.902. The van der Waals surface area contributed by atoms with E-state index in [-0.39, 0.29) is 18.3 Å². The normalized spacial score (nSPS) is 12.8. The van der Waals surface area contributed by atoms with Crippen LogP contribution in [-0.4, -0.2) is 18.3 Å². The molecule has 1 atom stereocenters. The average Bonchev–Trinajstić information content (AvgIpc) is 2.29. The molecular formula is C14H21FO2. The number of hydrogen-bond donors (Lipinski definition) is 1. The highest BCUT2D eigenvalue weighted by Crippen LogP contribution is 2.22. The van der Waals surface area contributed by atoms with Gasteiger partial charge in [-0.3, -0.25) is 0 Å². The summed E-state index contributed by atoms with van der Waals surface area (Å²) in [7, 11) is 0. The van der Waals surface area contributed by atoms with Gasteiger partial charge in [-0.25, -0.2) is 4.39 Å². The molecule has 1 aromatic carbocycles. The van der Waals surface area contributed by atoms with Gasteiger partial charge in [-0.1, -0.05) is 19.9 Å². The summed E-state index contributed by atoms with van der Waals surface area (Å²) in [6.45, 7) is 6.54. The second-order valence-electron chi connectivity index (χ2n) is 4.59. The van der Waals surface area contributed by atoms with Crippen molar-refractivity contribution in [1.82, 2.24) is 0 Å². The van der Waals surface area contributed by atoms with Crippen molar-refractivity contribution in [1.29, 1.82) is 0 Å². The molecule has 0 bridgehead atoms. The lowest BCUT2D eigenvalue weighted by Gasteiger charge is -2.18. The molecule has 0 fully saturated rings. The molecule has 17 heavy (non-hydrogen) atoms. The first kappa shape index (κ1) is 14.0. The molecule has 0 amide bonds. The van der Waals surface area contributed by atoms with E-state index < -0.39 is 0 Å². The number of halogens is 1. The van der Waals surface area contributed by atoms with Crippen LogP contribution < -0.4 is 4.74 Å². The number of benzene rings is 1. The zero-order valence-electron chi connectivity index (χ0n) is 10.7. The van der Waals surface area contributed by atoms with Crippen molar-refractivity contribution >= 4 is 0 Å². The van der Waals surface area contributed by atoms with Crippen molar-refractivity contribution in [3.63, 3.8) is 0 Å². The molecule has 0 radical (unpaired) electrons. The zero-order chi connectivity index (χ0) is 12.8. The third-order valence-corrected chi connectivity index (χ3v) is 2.97. The maximum absolute atomic E-state index is 13.6. The van der Waals surface area contributed by atoms with Crippen LogP contribution in [-0.2, 0) is 6.42 Å². The summed E-state index contributed by atoms with van der Waals surface area (Å²) >= 11 is 0. The van der Waals surface area contributed by atoms with Crippen molar-refractivity contribution < 1.29 is 14.2 Å². The molecule has 3 heteroatoms. The van der Waals surface area contributed by atoms with Gasteiger partial charge in [-0.15, -0.1) is 0 Å². The summed E-state index contributed by atoms with van der Waals surface area (Å²) in [6, 6.07) is 5.01. The van der Waals surface area contributed by atoms with Crippen molar-refractivity contribution in [2.45, 2.75) is 27.2 Å². The summed E-state index contributed by atoms with van der Waals surface area (Å²) < 4.78 is 18.8. The molecule has 0 aromatic heterocycles. The summed E-state index contributed by atoms with van der Waals surface area (Å²) in [5.74, 6) is 0.521. The molecule has 1 rings (SSSR count). The van der Waals surface area contributed by atoms with Gasteiger partial charge in [0.25, 0.3) is 0 Å². The first-order valence-corrected chi connectivity index (χ1v) is 6.10. The second kappa shape index (κ2) is 6.60. The van der Waals surface area contributed by atoms with E-state index in [0.717, 1.165) is 5.56 Å². The molecule has 0 heterocycles. The summed E-state index contributed by atoms with van der Waals surface area (Å²) in [6.07, 6.45) is 0.692. The molecule has 0 saturated heterocycles. The standard InChI is InChI=1S/C14H21FO2/c1-4-17-14-6-5-11(8-13(14)15)7-12(9-16)10(2)3/h5-6,8,10,12,16H,4,7,9H2,1-3H3. The predicted octanol–water partition coefficient (Wildman–Crippen LogP) is 3.03. The summed E-state index contributed by atoms with van der Waals surface area (Å²) in [4.78, 5) is 0. The van der Waals surface area contributed by atoms with Gasteiger partial charge in [0.1, 0.15) is 0 Å². The highest BCUT2D eigenvalue weighted by atomic mass is 19.1. The van der Waals surface area contributed by atoms with Crippen LogP contribution in [0.2, 0.25) is 0 Å². The smallest absolute Gasteiger partial charge is 0.165 e. The van der Waals surface area contributed by atoms with Crippen LogP contribution in [0.3, 0.4) is 0 Å². The van der Waals surface area contributed by atoms with E-state index in [1.807, 2.05) is 13.0 Å². The second-order valence-corrected chi connectivity index (χ2v) is 4.59. The van der Waals surface area contributed by atoms with Crippen molar-refractivity contribution in [3.05, 3.63) is 29.6 Å². The van der Waals surface area contributed by atoms with Gasteiger partial charge in [0.05, 0.1) is 6.61 Å².